The molecular formula is C16H23NO2S. The number of carbonyl (C=O) groups excluding carboxylic acids is 1. The number of aliphatic hydroxyl groups is 1. The van der Waals surface area contributed by atoms with Crippen LogP contribution in [0.5, 0.6) is 0 Å². The molecule has 0 aliphatic heterocycles. The van der Waals surface area contributed by atoms with Crippen molar-refractivity contribution in [2.45, 2.75) is 43.0 Å². The maximum Gasteiger partial charge on any atom is 0.251 e. The summed E-state index contributed by atoms with van der Waals surface area (Å²) in [4.78, 5) is 13.4. The van der Waals surface area contributed by atoms with Crippen molar-refractivity contribution in [2.24, 2.45) is 5.92 Å². The van der Waals surface area contributed by atoms with Crippen molar-refractivity contribution in [3.8, 4) is 0 Å². The van der Waals surface area contributed by atoms with Crippen LogP contribution in [-0.2, 0) is 0 Å². The van der Waals surface area contributed by atoms with Crippen molar-refractivity contribution in [1.29, 1.82) is 0 Å². The van der Waals surface area contributed by atoms with Crippen LogP contribution in [0.25, 0.3) is 0 Å². The Morgan fingerprint density at radius 2 is 1.95 bits per heavy atom. The fourth-order valence-electron chi connectivity index (χ4n) is 2.79. The van der Waals surface area contributed by atoms with Gasteiger partial charge in [-0.05, 0) is 43.4 Å². The summed E-state index contributed by atoms with van der Waals surface area (Å²) in [6.07, 6.45) is 7.48. The van der Waals surface area contributed by atoms with E-state index in [1.54, 1.807) is 11.8 Å². The average Bonchev–Trinajstić information content (AvgIpc) is 2.72. The predicted molar refractivity (Wildman–Crippen MR) is 83.1 cm³/mol. The molecule has 2 N–H and O–H groups in total. The first-order chi connectivity index (χ1) is 9.74. The van der Waals surface area contributed by atoms with Gasteiger partial charge in [0.15, 0.2) is 0 Å². The molecule has 1 aliphatic carbocycles. The minimum Gasteiger partial charge on any atom is -0.396 e. The molecule has 0 aromatic heterocycles. The van der Waals surface area contributed by atoms with Gasteiger partial charge < -0.3 is 10.4 Å². The van der Waals surface area contributed by atoms with E-state index in [1.165, 1.54) is 6.42 Å². The molecule has 20 heavy (non-hydrogen) atoms. The highest BCUT2D eigenvalue weighted by atomic mass is 32.2. The molecule has 1 amide bonds. The Labute approximate surface area is 125 Å². The molecule has 0 radical (unpaired) electrons. The summed E-state index contributed by atoms with van der Waals surface area (Å²) in [7, 11) is 0. The molecule has 1 fully saturated rings. The third kappa shape index (κ3) is 4.00. The average molecular weight is 293 g/mol. The molecule has 2 unspecified atom stereocenters. The summed E-state index contributed by atoms with van der Waals surface area (Å²) < 4.78 is 0. The molecular weight excluding hydrogens is 270 g/mol. The molecule has 1 aromatic rings. The smallest absolute Gasteiger partial charge is 0.251 e. The van der Waals surface area contributed by atoms with E-state index in [0.29, 0.717) is 5.56 Å². The molecule has 0 spiro atoms. The number of carbonyl (C=O) groups is 1. The summed E-state index contributed by atoms with van der Waals surface area (Å²) in [5, 5.41) is 12.6. The zero-order chi connectivity index (χ0) is 14.4. The fourth-order valence-corrected chi connectivity index (χ4v) is 3.20. The van der Waals surface area contributed by atoms with Crippen molar-refractivity contribution in [2.75, 3.05) is 12.9 Å². The highest BCUT2D eigenvalue weighted by Crippen LogP contribution is 2.23. The Morgan fingerprint density at radius 3 is 2.60 bits per heavy atom. The van der Waals surface area contributed by atoms with Crippen molar-refractivity contribution >= 4 is 17.7 Å². The maximum atomic E-state index is 12.3. The lowest BCUT2D eigenvalue weighted by atomic mass is 9.95. The SMILES string of the molecule is CSc1ccc(C(=O)NC2CCCCCC2CO)cc1. The van der Waals surface area contributed by atoms with Crippen molar-refractivity contribution in [3.63, 3.8) is 0 Å². The minimum absolute atomic E-state index is 0.0250. The Kier molecular flexibility index (Phi) is 5.92. The Hall–Kier alpha value is -1.00. The molecule has 2 rings (SSSR count). The highest BCUT2D eigenvalue weighted by Gasteiger charge is 2.24. The van der Waals surface area contributed by atoms with E-state index in [4.69, 9.17) is 0 Å². The van der Waals surface area contributed by atoms with Gasteiger partial charge in [-0.15, -0.1) is 11.8 Å². The highest BCUT2D eigenvalue weighted by molar-refractivity contribution is 7.98. The second-order valence-corrected chi connectivity index (χ2v) is 6.27. The molecule has 110 valence electrons. The summed E-state index contributed by atoms with van der Waals surface area (Å²) >= 11 is 1.67. The Balaban J connectivity index is 2.00. The summed E-state index contributed by atoms with van der Waals surface area (Å²) in [5.41, 5.74) is 0.698. The standard InChI is InChI=1S/C16H23NO2S/c1-20-14-9-7-12(8-10-14)16(19)17-15-6-4-2-3-5-13(15)11-18/h7-10,13,15,18H,2-6,11H2,1H3,(H,17,19). The summed E-state index contributed by atoms with van der Waals surface area (Å²) in [6, 6.07) is 7.78. The number of nitrogens with one attached hydrogen (secondary N) is 1. The Morgan fingerprint density at radius 1 is 1.25 bits per heavy atom. The number of thioether (sulfide) groups is 1. The lowest BCUT2D eigenvalue weighted by Gasteiger charge is -2.24. The van der Waals surface area contributed by atoms with Crippen LogP contribution in [0.15, 0.2) is 29.2 Å². The van der Waals surface area contributed by atoms with Gasteiger partial charge in [-0.2, -0.15) is 0 Å². The largest absolute Gasteiger partial charge is 0.396 e. The molecule has 4 heteroatoms. The number of amides is 1. The quantitative estimate of drug-likeness (QED) is 0.662. The summed E-state index contributed by atoms with van der Waals surface area (Å²) in [6.45, 7) is 0.163. The van der Waals surface area contributed by atoms with Gasteiger partial charge in [0.25, 0.3) is 5.91 Å². The normalized spacial score (nSPS) is 23.1. The van der Waals surface area contributed by atoms with E-state index >= 15 is 0 Å². The molecule has 1 aromatic carbocycles. The third-order valence-corrected chi connectivity index (χ3v) is 4.81. The van der Waals surface area contributed by atoms with Crippen LogP contribution in [0.2, 0.25) is 0 Å². The number of rotatable bonds is 4. The van der Waals surface area contributed by atoms with Crippen molar-refractivity contribution < 1.29 is 9.90 Å². The van der Waals surface area contributed by atoms with Gasteiger partial charge in [0.2, 0.25) is 0 Å². The second-order valence-electron chi connectivity index (χ2n) is 5.39. The number of benzene rings is 1. The topological polar surface area (TPSA) is 49.3 Å². The zero-order valence-corrected chi connectivity index (χ0v) is 12.8. The van der Waals surface area contributed by atoms with Crippen LogP contribution >= 0.6 is 11.8 Å². The van der Waals surface area contributed by atoms with E-state index in [-0.39, 0.29) is 24.5 Å². The third-order valence-electron chi connectivity index (χ3n) is 4.06. The van der Waals surface area contributed by atoms with Gasteiger partial charge in [-0.3, -0.25) is 4.79 Å². The van der Waals surface area contributed by atoms with Crippen LogP contribution < -0.4 is 5.32 Å². The van der Waals surface area contributed by atoms with Crippen molar-refractivity contribution in [1.82, 2.24) is 5.32 Å². The lowest BCUT2D eigenvalue weighted by molar-refractivity contribution is 0.0899. The second kappa shape index (κ2) is 7.70. The van der Waals surface area contributed by atoms with Crippen LogP contribution in [0, 0.1) is 5.92 Å². The van der Waals surface area contributed by atoms with Crippen LogP contribution in [0.1, 0.15) is 42.5 Å². The zero-order valence-electron chi connectivity index (χ0n) is 12.0. The van der Waals surface area contributed by atoms with Gasteiger partial charge in [-0.1, -0.05) is 19.3 Å². The minimum atomic E-state index is -0.0250. The van der Waals surface area contributed by atoms with E-state index in [1.807, 2.05) is 30.5 Å². The number of aliphatic hydroxyl groups excluding tert-OH is 1. The van der Waals surface area contributed by atoms with Crippen LogP contribution in [-0.4, -0.2) is 29.9 Å². The van der Waals surface area contributed by atoms with Crippen LogP contribution in [0.3, 0.4) is 0 Å². The molecule has 3 nitrogen and oxygen atoms in total. The number of hydrogen-bond acceptors (Lipinski definition) is 3. The molecule has 0 bridgehead atoms. The van der Waals surface area contributed by atoms with Gasteiger partial charge in [0, 0.05) is 29.0 Å². The lowest BCUT2D eigenvalue weighted by Crippen LogP contribution is -2.41. The molecule has 0 heterocycles. The Bertz CT molecular complexity index is 433. The van der Waals surface area contributed by atoms with Gasteiger partial charge in [0.05, 0.1) is 0 Å². The van der Waals surface area contributed by atoms with Crippen LogP contribution in [0.4, 0.5) is 0 Å². The monoisotopic (exact) mass is 293 g/mol. The number of hydrogen-bond donors (Lipinski definition) is 2. The molecule has 1 aliphatic rings. The molecule has 1 saturated carbocycles. The van der Waals surface area contributed by atoms with E-state index in [2.05, 4.69) is 5.32 Å². The van der Waals surface area contributed by atoms with E-state index in [9.17, 15) is 9.90 Å². The van der Waals surface area contributed by atoms with Gasteiger partial charge >= 0.3 is 0 Å². The van der Waals surface area contributed by atoms with Crippen molar-refractivity contribution in [3.05, 3.63) is 29.8 Å². The van der Waals surface area contributed by atoms with Gasteiger partial charge in [0.1, 0.15) is 0 Å². The first-order valence-corrected chi connectivity index (χ1v) is 8.53. The van der Waals surface area contributed by atoms with E-state index in [0.717, 1.165) is 30.6 Å². The maximum absolute atomic E-state index is 12.3. The van der Waals surface area contributed by atoms with Gasteiger partial charge in [-0.25, -0.2) is 0 Å². The molecule has 0 saturated heterocycles. The van der Waals surface area contributed by atoms with E-state index < -0.39 is 0 Å². The fraction of sp³-hybridized carbons (Fsp3) is 0.562. The summed E-state index contributed by atoms with van der Waals surface area (Å²) in [5.74, 6) is 0.176. The molecule has 2 atom stereocenters. The first kappa shape index (κ1) is 15.4. The first-order valence-electron chi connectivity index (χ1n) is 7.30. The predicted octanol–water partition coefficient (Wildman–Crippen LogP) is 3.08.